The molecule has 0 aromatic carbocycles. The third kappa shape index (κ3) is 1.41. The second kappa shape index (κ2) is 3.03. The molecule has 0 amide bonds. The van der Waals surface area contributed by atoms with Gasteiger partial charge < -0.3 is 10.3 Å². The van der Waals surface area contributed by atoms with Crippen molar-refractivity contribution in [2.45, 2.75) is 25.8 Å². The van der Waals surface area contributed by atoms with Crippen LogP contribution in [0.2, 0.25) is 0 Å². The zero-order chi connectivity index (χ0) is 10.4. The molecular weight excluding hydrogens is 210 g/mol. The van der Waals surface area contributed by atoms with Gasteiger partial charge in [0.25, 0.3) is 0 Å². The van der Waals surface area contributed by atoms with E-state index in [0.717, 1.165) is 17.3 Å². The van der Waals surface area contributed by atoms with Crippen LogP contribution in [0.15, 0.2) is 5.38 Å². The van der Waals surface area contributed by atoms with E-state index in [0.29, 0.717) is 11.2 Å². The van der Waals surface area contributed by atoms with Gasteiger partial charge in [0.15, 0.2) is 11.0 Å². The van der Waals surface area contributed by atoms with Crippen molar-refractivity contribution in [2.75, 3.05) is 5.73 Å². The minimum Gasteiger partial charge on any atom is -0.375 e. The molecule has 0 aliphatic heterocycles. The summed E-state index contributed by atoms with van der Waals surface area (Å²) in [5.74, 6) is 1.81. The summed E-state index contributed by atoms with van der Waals surface area (Å²) in [6, 6.07) is 0.568. The van der Waals surface area contributed by atoms with Crippen LogP contribution >= 0.6 is 11.3 Å². The quantitative estimate of drug-likeness (QED) is 0.836. The summed E-state index contributed by atoms with van der Waals surface area (Å²) in [6.07, 6.45) is 2.43. The molecule has 0 spiro atoms. The van der Waals surface area contributed by atoms with Gasteiger partial charge in [0.1, 0.15) is 11.5 Å². The summed E-state index contributed by atoms with van der Waals surface area (Å²) in [7, 11) is 0. The first-order chi connectivity index (χ1) is 7.25. The standard InChI is InChI=1S/C9H11N5S/c1-5-12-13-8(14(5)6-2-3-6)7-4-15-9(10)11-7/h4,6H,2-3H2,1H3,(H2,10,11). The van der Waals surface area contributed by atoms with Crippen LogP contribution in [-0.4, -0.2) is 19.7 Å². The first kappa shape index (κ1) is 8.84. The molecule has 1 aliphatic carbocycles. The second-order valence-electron chi connectivity index (χ2n) is 3.74. The number of thiazole rings is 1. The van der Waals surface area contributed by atoms with Crippen LogP contribution in [0, 0.1) is 6.92 Å². The van der Waals surface area contributed by atoms with E-state index in [1.54, 1.807) is 0 Å². The lowest BCUT2D eigenvalue weighted by Gasteiger charge is -2.03. The molecule has 2 aromatic heterocycles. The summed E-state index contributed by atoms with van der Waals surface area (Å²) in [4.78, 5) is 4.24. The van der Waals surface area contributed by atoms with Crippen molar-refractivity contribution in [3.05, 3.63) is 11.2 Å². The molecule has 1 saturated carbocycles. The van der Waals surface area contributed by atoms with Gasteiger partial charge in [-0.2, -0.15) is 0 Å². The molecule has 2 aromatic rings. The van der Waals surface area contributed by atoms with Crippen molar-refractivity contribution < 1.29 is 0 Å². The maximum atomic E-state index is 5.61. The van der Waals surface area contributed by atoms with E-state index in [2.05, 4.69) is 19.7 Å². The highest BCUT2D eigenvalue weighted by atomic mass is 32.1. The molecule has 2 heterocycles. The van der Waals surface area contributed by atoms with Crippen LogP contribution in [0.4, 0.5) is 5.13 Å². The van der Waals surface area contributed by atoms with Crippen LogP contribution in [0.3, 0.4) is 0 Å². The Balaban J connectivity index is 2.11. The Hall–Kier alpha value is -1.43. The van der Waals surface area contributed by atoms with Crippen LogP contribution in [0.1, 0.15) is 24.7 Å². The SMILES string of the molecule is Cc1nnc(-c2csc(N)n2)n1C1CC1. The molecule has 15 heavy (non-hydrogen) atoms. The molecule has 3 rings (SSSR count). The van der Waals surface area contributed by atoms with E-state index in [1.165, 1.54) is 24.2 Å². The average Bonchev–Trinajstić information content (AvgIpc) is 2.84. The summed E-state index contributed by atoms with van der Waals surface area (Å²) in [5.41, 5.74) is 6.45. The van der Waals surface area contributed by atoms with Crippen molar-refractivity contribution in [3.8, 4) is 11.5 Å². The number of rotatable bonds is 2. The Labute approximate surface area is 91.0 Å². The first-order valence-electron chi connectivity index (χ1n) is 4.88. The lowest BCUT2D eigenvalue weighted by Crippen LogP contribution is -2.00. The number of hydrogen-bond acceptors (Lipinski definition) is 5. The molecule has 0 saturated heterocycles. The lowest BCUT2D eigenvalue weighted by molar-refractivity contribution is 0.716. The average molecular weight is 221 g/mol. The van der Waals surface area contributed by atoms with E-state index in [-0.39, 0.29) is 0 Å². The molecule has 0 atom stereocenters. The number of nitrogen functional groups attached to an aromatic ring is 1. The Kier molecular flexibility index (Phi) is 1.79. The van der Waals surface area contributed by atoms with E-state index in [4.69, 9.17) is 5.73 Å². The number of nitrogens with two attached hydrogens (primary N) is 1. The van der Waals surface area contributed by atoms with E-state index >= 15 is 0 Å². The van der Waals surface area contributed by atoms with Crippen LogP contribution < -0.4 is 5.73 Å². The molecule has 0 radical (unpaired) electrons. The van der Waals surface area contributed by atoms with Gasteiger partial charge in [0.2, 0.25) is 0 Å². The molecule has 6 heteroatoms. The highest BCUT2D eigenvalue weighted by molar-refractivity contribution is 7.13. The number of aryl methyl sites for hydroxylation is 1. The number of aromatic nitrogens is 4. The predicted molar refractivity (Wildman–Crippen MR) is 58.6 cm³/mol. The molecular formula is C9H11N5S. The van der Waals surface area contributed by atoms with Gasteiger partial charge in [-0.05, 0) is 19.8 Å². The molecule has 0 unspecified atom stereocenters. The van der Waals surface area contributed by atoms with Crippen molar-refractivity contribution in [1.82, 2.24) is 19.7 Å². The van der Waals surface area contributed by atoms with Gasteiger partial charge in [-0.15, -0.1) is 21.5 Å². The van der Waals surface area contributed by atoms with Crippen LogP contribution in [0.25, 0.3) is 11.5 Å². The largest absolute Gasteiger partial charge is 0.375 e. The monoisotopic (exact) mass is 221 g/mol. The van der Waals surface area contributed by atoms with Gasteiger partial charge in [-0.3, -0.25) is 0 Å². The Morgan fingerprint density at radius 2 is 2.27 bits per heavy atom. The molecule has 1 fully saturated rings. The van der Waals surface area contributed by atoms with Crippen LogP contribution in [-0.2, 0) is 0 Å². The molecule has 0 bridgehead atoms. The maximum Gasteiger partial charge on any atom is 0.183 e. The van der Waals surface area contributed by atoms with Gasteiger partial charge >= 0.3 is 0 Å². The van der Waals surface area contributed by atoms with E-state index < -0.39 is 0 Å². The predicted octanol–water partition coefficient (Wildman–Crippen LogP) is 1.63. The summed E-state index contributed by atoms with van der Waals surface area (Å²) >= 11 is 1.43. The third-order valence-electron chi connectivity index (χ3n) is 2.53. The highest BCUT2D eigenvalue weighted by Gasteiger charge is 2.29. The topological polar surface area (TPSA) is 69.6 Å². The fraction of sp³-hybridized carbons (Fsp3) is 0.444. The Bertz CT molecular complexity index is 496. The zero-order valence-corrected chi connectivity index (χ0v) is 9.16. The van der Waals surface area contributed by atoms with E-state index in [1.807, 2.05) is 12.3 Å². The second-order valence-corrected chi connectivity index (χ2v) is 4.63. The highest BCUT2D eigenvalue weighted by Crippen LogP contribution is 2.38. The number of anilines is 1. The maximum absolute atomic E-state index is 5.61. The Morgan fingerprint density at radius 1 is 1.47 bits per heavy atom. The van der Waals surface area contributed by atoms with Gasteiger partial charge in [-0.1, -0.05) is 0 Å². The normalized spacial score (nSPS) is 15.8. The molecule has 5 nitrogen and oxygen atoms in total. The molecule has 1 aliphatic rings. The molecule has 2 N–H and O–H groups in total. The summed E-state index contributed by atoms with van der Waals surface area (Å²) in [5, 5.41) is 10.8. The van der Waals surface area contributed by atoms with Gasteiger partial charge in [0, 0.05) is 11.4 Å². The fourth-order valence-electron chi connectivity index (χ4n) is 1.70. The van der Waals surface area contributed by atoms with Gasteiger partial charge in [0.05, 0.1) is 0 Å². The van der Waals surface area contributed by atoms with Crippen molar-refractivity contribution in [1.29, 1.82) is 0 Å². The first-order valence-corrected chi connectivity index (χ1v) is 5.76. The van der Waals surface area contributed by atoms with Crippen LogP contribution in [0.5, 0.6) is 0 Å². The fourth-order valence-corrected chi connectivity index (χ4v) is 2.25. The minimum atomic E-state index is 0.568. The number of nitrogens with zero attached hydrogens (tertiary/aromatic N) is 4. The van der Waals surface area contributed by atoms with Gasteiger partial charge in [-0.25, -0.2) is 4.98 Å². The van der Waals surface area contributed by atoms with E-state index in [9.17, 15) is 0 Å². The minimum absolute atomic E-state index is 0.568. The van der Waals surface area contributed by atoms with Crippen molar-refractivity contribution in [3.63, 3.8) is 0 Å². The van der Waals surface area contributed by atoms with Crippen molar-refractivity contribution >= 4 is 16.5 Å². The smallest absolute Gasteiger partial charge is 0.183 e. The zero-order valence-electron chi connectivity index (χ0n) is 8.34. The molecule has 78 valence electrons. The Morgan fingerprint density at radius 3 is 2.87 bits per heavy atom. The summed E-state index contributed by atoms with van der Waals surface area (Å²) in [6.45, 7) is 1.98. The third-order valence-corrected chi connectivity index (χ3v) is 3.20. The van der Waals surface area contributed by atoms with Crippen molar-refractivity contribution in [2.24, 2.45) is 0 Å². The lowest BCUT2D eigenvalue weighted by atomic mass is 10.4. The summed E-state index contributed by atoms with van der Waals surface area (Å²) < 4.78 is 2.16. The number of hydrogen-bond donors (Lipinski definition) is 1.